The van der Waals surface area contributed by atoms with Crippen LogP contribution in [0.2, 0.25) is 0 Å². The van der Waals surface area contributed by atoms with Crippen molar-refractivity contribution in [3.8, 4) is 0 Å². The van der Waals surface area contributed by atoms with Gasteiger partial charge in [0.1, 0.15) is 5.82 Å². The number of sulfonamides is 1. The zero-order valence-corrected chi connectivity index (χ0v) is 16.9. The number of halogens is 1. The van der Waals surface area contributed by atoms with Crippen LogP contribution in [-0.4, -0.2) is 67.7 Å². The third kappa shape index (κ3) is 4.34. The van der Waals surface area contributed by atoms with Crippen LogP contribution >= 0.6 is 0 Å². The fraction of sp³-hybridized carbons (Fsp3) is 0.381. The van der Waals surface area contributed by atoms with E-state index in [9.17, 15) is 17.6 Å². The molecule has 2 aliphatic rings. The first kappa shape index (κ1) is 20.0. The van der Waals surface area contributed by atoms with Crippen molar-refractivity contribution in [2.45, 2.75) is 17.9 Å². The molecule has 0 saturated carbocycles. The molecule has 2 aromatic carbocycles. The van der Waals surface area contributed by atoms with E-state index >= 15 is 0 Å². The molecular formula is C21H24FN3O3S. The normalized spacial score (nSPS) is 18.4. The van der Waals surface area contributed by atoms with Gasteiger partial charge in [0.25, 0.3) is 0 Å². The van der Waals surface area contributed by atoms with Crippen molar-refractivity contribution in [3.63, 3.8) is 0 Å². The number of fused-ring (bicyclic) bond motifs is 1. The summed E-state index contributed by atoms with van der Waals surface area (Å²) in [4.78, 5) is 16.7. The van der Waals surface area contributed by atoms with Gasteiger partial charge in [-0.05, 0) is 41.8 Å². The monoisotopic (exact) mass is 417 g/mol. The number of rotatable bonds is 4. The van der Waals surface area contributed by atoms with E-state index in [1.807, 2.05) is 12.1 Å². The van der Waals surface area contributed by atoms with Gasteiger partial charge in [0.2, 0.25) is 15.9 Å². The molecule has 0 N–H and O–H groups in total. The van der Waals surface area contributed by atoms with Crippen LogP contribution in [0, 0.1) is 5.82 Å². The number of hydrogen-bond donors (Lipinski definition) is 0. The lowest BCUT2D eigenvalue weighted by atomic mass is 10.00. The molecule has 2 aromatic rings. The Labute approximate surface area is 170 Å². The third-order valence-electron chi connectivity index (χ3n) is 5.61. The maximum atomic E-state index is 13.1. The van der Waals surface area contributed by atoms with E-state index in [2.05, 4.69) is 17.0 Å². The lowest BCUT2D eigenvalue weighted by Crippen LogP contribution is -2.52. The largest absolute Gasteiger partial charge is 0.339 e. The highest BCUT2D eigenvalue weighted by atomic mass is 32.2. The number of carbonyl (C=O) groups is 1. The van der Waals surface area contributed by atoms with E-state index < -0.39 is 15.8 Å². The van der Waals surface area contributed by atoms with E-state index in [0.29, 0.717) is 19.6 Å². The molecule has 0 atom stereocenters. The molecule has 8 heteroatoms. The van der Waals surface area contributed by atoms with Gasteiger partial charge in [-0.15, -0.1) is 0 Å². The summed E-state index contributed by atoms with van der Waals surface area (Å²) in [5, 5.41) is 0. The molecule has 0 spiro atoms. The van der Waals surface area contributed by atoms with Crippen LogP contribution in [0.25, 0.3) is 0 Å². The van der Waals surface area contributed by atoms with Crippen LogP contribution in [0.5, 0.6) is 0 Å². The van der Waals surface area contributed by atoms with Crippen LogP contribution in [0.1, 0.15) is 11.1 Å². The fourth-order valence-corrected chi connectivity index (χ4v) is 5.34. The van der Waals surface area contributed by atoms with Gasteiger partial charge in [-0.1, -0.05) is 24.3 Å². The first-order chi connectivity index (χ1) is 13.9. The Kier molecular flexibility index (Phi) is 5.67. The quantitative estimate of drug-likeness (QED) is 0.760. The van der Waals surface area contributed by atoms with Gasteiger partial charge in [-0.25, -0.2) is 12.8 Å². The zero-order valence-electron chi connectivity index (χ0n) is 16.1. The average molecular weight is 418 g/mol. The molecule has 6 nitrogen and oxygen atoms in total. The van der Waals surface area contributed by atoms with Crippen molar-refractivity contribution in [1.82, 2.24) is 14.1 Å². The highest BCUT2D eigenvalue weighted by molar-refractivity contribution is 7.89. The zero-order chi connectivity index (χ0) is 20.4. The lowest BCUT2D eigenvalue weighted by molar-refractivity contribution is -0.133. The lowest BCUT2D eigenvalue weighted by Gasteiger charge is -2.36. The van der Waals surface area contributed by atoms with Crippen LogP contribution in [0.4, 0.5) is 4.39 Å². The maximum absolute atomic E-state index is 13.1. The van der Waals surface area contributed by atoms with Gasteiger partial charge in [0.05, 0.1) is 11.4 Å². The van der Waals surface area contributed by atoms with E-state index in [1.54, 1.807) is 4.90 Å². The number of hydrogen-bond acceptors (Lipinski definition) is 4. The van der Waals surface area contributed by atoms with Crippen LogP contribution in [-0.2, 0) is 27.8 Å². The van der Waals surface area contributed by atoms with E-state index in [1.165, 1.54) is 27.6 Å². The number of benzene rings is 2. The standard InChI is InChI=1S/C21H24FN3O3S/c22-19-5-7-20(8-6-19)29(27,28)25-13-11-24(12-14-25)21(26)16-23-10-9-17-3-1-2-4-18(17)15-23/h1-8H,9-16H2. The molecule has 2 aliphatic heterocycles. The molecule has 0 unspecified atom stereocenters. The minimum absolute atomic E-state index is 0.0308. The third-order valence-corrected chi connectivity index (χ3v) is 7.52. The molecule has 0 radical (unpaired) electrons. The van der Waals surface area contributed by atoms with Crippen molar-refractivity contribution >= 4 is 15.9 Å². The molecule has 1 amide bonds. The molecule has 1 fully saturated rings. The second-order valence-corrected chi connectivity index (χ2v) is 9.41. The maximum Gasteiger partial charge on any atom is 0.243 e. The van der Waals surface area contributed by atoms with Gasteiger partial charge in [0, 0.05) is 39.3 Å². The van der Waals surface area contributed by atoms with Crippen molar-refractivity contribution in [2.24, 2.45) is 0 Å². The summed E-state index contributed by atoms with van der Waals surface area (Å²) in [5.74, 6) is -0.442. The Balaban J connectivity index is 1.32. The van der Waals surface area contributed by atoms with Crippen LogP contribution in [0.3, 0.4) is 0 Å². The topological polar surface area (TPSA) is 60.9 Å². The first-order valence-corrected chi connectivity index (χ1v) is 11.2. The van der Waals surface area contributed by atoms with Gasteiger partial charge >= 0.3 is 0 Å². The molecule has 1 saturated heterocycles. The summed E-state index contributed by atoms with van der Waals surface area (Å²) in [6, 6.07) is 13.1. The van der Waals surface area contributed by atoms with Crippen LogP contribution < -0.4 is 0 Å². The fourth-order valence-electron chi connectivity index (χ4n) is 3.91. The minimum Gasteiger partial charge on any atom is -0.339 e. The van der Waals surface area contributed by atoms with E-state index in [-0.39, 0.29) is 23.9 Å². The van der Waals surface area contributed by atoms with Gasteiger partial charge < -0.3 is 4.90 Å². The molecule has 4 rings (SSSR count). The highest BCUT2D eigenvalue weighted by Crippen LogP contribution is 2.20. The number of piperazine rings is 1. The molecule has 154 valence electrons. The summed E-state index contributed by atoms with van der Waals surface area (Å²) in [7, 11) is -3.67. The summed E-state index contributed by atoms with van der Waals surface area (Å²) in [6.45, 7) is 3.18. The Morgan fingerprint density at radius 1 is 0.897 bits per heavy atom. The smallest absolute Gasteiger partial charge is 0.243 e. The number of carbonyl (C=O) groups excluding carboxylic acids is 1. The minimum atomic E-state index is -3.67. The average Bonchev–Trinajstić information content (AvgIpc) is 2.74. The molecule has 0 aliphatic carbocycles. The molecule has 29 heavy (non-hydrogen) atoms. The van der Waals surface area contributed by atoms with E-state index in [4.69, 9.17) is 0 Å². The Morgan fingerprint density at radius 2 is 1.55 bits per heavy atom. The number of nitrogens with zero attached hydrogens (tertiary/aromatic N) is 3. The second-order valence-electron chi connectivity index (χ2n) is 7.47. The summed E-state index contributed by atoms with van der Waals surface area (Å²) < 4.78 is 39.8. The van der Waals surface area contributed by atoms with Gasteiger partial charge in [-0.2, -0.15) is 4.31 Å². The van der Waals surface area contributed by atoms with E-state index in [0.717, 1.165) is 31.6 Å². The van der Waals surface area contributed by atoms with Gasteiger partial charge in [-0.3, -0.25) is 9.69 Å². The first-order valence-electron chi connectivity index (χ1n) is 9.76. The van der Waals surface area contributed by atoms with Crippen molar-refractivity contribution < 1.29 is 17.6 Å². The van der Waals surface area contributed by atoms with Crippen molar-refractivity contribution in [2.75, 3.05) is 39.3 Å². The molecule has 0 bridgehead atoms. The molecule has 2 heterocycles. The number of amides is 1. The highest BCUT2D eigenvalue weighted by Gasteiger charge is 2.31. The summed E-state index contributed by atoms with van der Waals surface area (Å²) in [5.41, 5.74) is 2.61. The summed E-state index contributed by atoms with van der Waals surface area (Å²) >= 11 is 0. The SMILES string of the molecule is O=C(CN1CCc2ccccc2C1)N1CCN(S(=O)(=O)c2ccc(F)cc2)CC1. The predicted octanol–water partition coefficient (Wildman–Crippen LogP) is 1.72. The van der Waals surface area contributed by atoms with Crippen molar-refractivity contribution in [3.05, 3.63) is 65.5 Å². The van der Waals surface area contributed by atoms with Gasteiger partial charge in [0.15, 0.2) is 0 Å². The Bertz CT molecular complexity index is 986. The molecular weight excluding hydrogens is 393 g/mol. The van der Waals surface area contributed by atoms with Crippen LogP contribution in [0.15, 0.2) is 53.4 Å². The second kappa shape index (κ2) is 8.22. The predicted molar refractivity (Wildman–Crippen MR) is 107 cm³/mol. The Hall–Kier alpha value is -2.29. The molecule has 0 aromatic heterocycles. The Morgan fingerprint density at radius 3 is 2.24 bits per heavy atom. The summed E-state index contributed by atoms with van der Waals surface area (Å²) in [6.07, 6.45) is 0.938. The van der Waals surface area contributed by atoms with Crippen molar-refractivity contribution in [1.29, 1.82) is 0 Å².